The fraction of sp³-hybridized carbons (Fsp3) is 0.364. The highest BCUT2D eigenvalue weighted by Gasteiger charge is 2.48. The molecule has 0 saturated heterocycles. The van der Waals surface area contributed by atoms with Crippen molar-refractivity contribution < 1.29 is 0 Å². The molecule has 4 aliphatic carbocycles. The van der Waals surface area contributed by atoms with Crippen LogP contribution in [0.1, 0.15) is 137 Å². The van der Waals surface area contributed by atoms with E-state index >= 15 is 0 Å². The van der Waals surface area contributed by atoms with E-state index in [0.29, 0.717) is 11.8 Å². The summed E-state index contributed by atoms with van der Waals surface area (Å²) in [7, 11) is 0.842. The lowest BCUT2D eigenvalue weighted by atomic mass is 9.53. The Kier molecular flexibility index (Phi) is 11.2. The van der Waals surface area contributed by atoms with Crippen molar-refractivity contribution in [3.8, 4) is 33.4 Å². The molecule has 0 aromatic heterocycles. The summed E-state index contributed by atoms with van der Waals surface area (Å²) in [5.41, 5.74) is 26.0. The maximum atomic E-state index is 4.16. The summed E-state index contributed by atoms with van der Waals surface area (Å²) in [5, 5.41) is 4.16. The van der Waals surface area contributed by atoms with E-state index in [1.165, 1.54) is 146 Å². The van der Waals surface area contributed by atoms with Gasteiger partial charge in [-0.2, -0.15) is 0 Å². The van der Waals surface area contributed by atoms with Crippen LogP contribution in [0.4, 0.5) is 22.7 Å². The minimum absolute atomic E-state index is 0.112. The third-order valence-corrected chi connectivity index (χ3v) is 17.9. The highest BCUT2D eigenvalue weighted by Crippen LogP contribution is 2.57. The van der Waals surface area contributed by atoms with Gasteiger partial charge in [0.15, 0.2) is 7.28 Å². The number of allylic oxidation sites excluding steroid dienone is 5. The Balaban J connectivity index is 1.16. The Labute approximate surface area is 415 Å². The van der Waals surface area contributed by atoms with Crippen molar-refractivity contribution in [1.82, 2.24) is 0 Å². The van der Waals surface area contributed by atoms with E-state index in [-0.39, 0.29) is 21.7 Å². The summed E-state index contributed by atoms with van der Waals surface area (Å²) < 4.78 is 0. The molecule has 2 nitrogen and oxygen atoms in total. The molecule has 69 heavy (non-hydrogen) atoms. The summed E-state index contributed by atoms with van der Waals surface area (Å²) in [6.45, 7) is 24.6. The van der Waals surface area contributed by atoms with Crippen LogP contribution >= 0.6 is 0 Å². The van der Waals surface area contributed by atoms with Crippen molar-refractivity contribution in [2.45, 2.75) is 131 Å². The first-order chi connectivity index (χ1) is 33.0. The maximum Gasteiger partial charge on any atom is 0.198 e. The quantitative estimate of drug-likeness (QED) is 0.161. The molecule has 0 amide bonds. The SMILES string of the molecule is CC1=CC2C(C=C1N1c3cc(-c4ccccc4)ccc3Bc3c(-c4ccc(C5=C(C)CCCC5)cc4Nc4ccc5c(c4)C(C)(C)CCC5(C)C)cc(-c4ccccc4)cc31)C(C)(C)CCC2(C)C. The van der Waals surface area contributed by atoms with Gasteiger partial charge in [0.25, 0.3) is 0 Å². The molecule has 1 fully saturated rings. The van der Waals surface area contributed by atoms with Gasteiger partial charge in [-0.1, -0.05) is 170 Å². The van der Waals surface area contributed by atoms with Gasteiger partial charge in [0.05, 0.1) is 0 Å². The molecule has 350 valence electrons. The Morgan fingerprint density at radius 2 is 1.14 bits per heavy atom. The lowest BCUT2D eigenvalue weighted by Gasteiger charge is -2.53. The largest absolute Gasteiger partial charge is 0.355 e. The standard InChI is InChI=1S/C66H73BN2/c1-42-19-17-18-24-50(42)47-25-28-51(58(37-47)68-49-27-29-53-55(40-49)65(7,8)32-31-63(53,3)4)52-36-48(45-22-15-12-16-23-45)39-61-62(52)67-57-30-26-46(44-20-13-11-14-21-44)38-60(57)69(61)59-41-56-54(35-43(59)2)64(5,6)33-34-66(56,9)10/h11-16,20-23,25-30,35-41,54,56,67-68H,17-19,24,31-34H2,1-10H3. The lowest BCUT2D eigenvalue weighted by molar-refractivity contribution is 0.0321. The van der Waals surface area contributed by atoms with E-state index in [2.05, 4.69) is 219 Å². The first-order valence-corrected chi connectivity index (χ1v) is 26.3. The number of benzene rings is 6. The number of nitrogens with one attached hydrogen (secondary N) is 1. The highest BCUT2D eigenvalue weighted by molar-refractivity contribution is 6.73. The van der Waals surface area contributed by atoms with Crippen LogP contribution in [0.5, 0.6) is 0 Å². The number of rotatable bonds is 7. The van der Waals surface area contributed by atoms with Gasteiger partial charge in [0, 0.05) is 34.0 Å². The van der Waals surface area contributed by atoms with E-state index in [1.54, 1.807) is 5.57 Å². The molecule has 0 radical (unpaired) electrons. The third-order valence-electron chi connectivity index (χ3n) is 17.9. The smallest absolute Gasteiger partial charge is 0.198 e. The topological polar surface area (TPSA) is 15.3 Å². The molecule has 0 bridgehead atoms. The second-order valence-electron chi connectivity index (χ2n) is 24.4. The molecule has 1 N–H and O–H groups in total. The predicted molar refractivity (Wildman–Crippen MR) is 299 cm³/mol. The van der Waals surface area contributed by atoms with Gasteiger partial charge in [-0.25, -0.2) is 0 Å². The molecular formula is C66H73BN2. The number of fused-ring (bicyclic) bond motifs is 4. The van der Waals surface area contributed by atoms with Gasteiger partial charge in [-0.15, -0.1) is 0 Å². The Morgan fingerprint density at radius 3 is 1.84 bits per heavy atom. The van der Waals surface area contributed by atoms with Crippen LogP contribution in [0.3, 0.4) is 0 Å². The average molecular weight is 905 g/mol. The second-order valence-corrected chi connectivity index (χ2v) is 24.4. The first kappa shape index (κ1) is 45.6. The number of hydrogen-bond donors (Lipinski definition) is 1. The average Bonchev–Trinajstić information content (AvgIpc) is 3.34. The van der Waals surface area contributed by atoms with Crippen LogP contribution in [0.2, 0.25) is 0 Å². The molecule has 2 atom stereocenters. The minimum Gasteiger partial charge on any atom is -0.355 e. The minimum atomic E-state index is 0.112. The Hall–Kier alpha value is -5.80. The second kappa shape index (κ2) is 17.0. The van der Waals surface area contributed by atoms with Crippen molar-refractivity contribution in [3.63, 3.8) is 0 Å². The number of anilines is 4. The zero-order valence-corrected chi connectivity index (χ0v) is 43.2. The predicted octanol–water partition coefficient (Wildman–Crippen LogP) is 16.9. The summed E-state index contributed by atoms with van der Waals surface area (Å²) in [6.07, 6.45) is 15.1. The van der Waals surface area contributed by atoms with Gasteiger partial charge < -0.3 is 10.2 Å². The molecule has 1 heterocycles. The van der Waals surface area contributed by atoms with Gasteiger partial charge in [0.2, 0.25) is 0 Å². The van der Waals surface area contributed by atoms with Gasteiger partial charge in [-0.05, 0) is 196 Å². The van der Waals surface area contributed by atoms with Crippen LogP contribution in [0.15, 0.2) is 156 Å². The van der Waals surface area contributed by atoms with Crippen molar-refractivity contribution >= 4 is 46.5 Å². The molecule has 1 aliphatic heterocycles. The van der Waals surface area contributed by atoms with Crippen molar-refractivity contribution in [2.75, 3.05) is 10.2 Å². The zero-order valence-electron chi connectivity index (χ0n) is 43.2. The fourth-order valence-electron chi connectivity index (χ4n) is 13.2. The normalized spacial score (nSPS) is 21.7. The summed E-state index contributed by atoms with van der Waals surface area (Å²) in [4.78, 5) is 2.70. The third kappa shape index (κ3) is 8.16. The first-order valence-electron chi connectivity index (χ1n) is 26.3. The highest BCUT2D eigenvalue weighted by atomic mass is 15.2. The summed E-state index contributed by atoms with van der Waals surface area (Å²) in [6, 6.07) is 49.1. The monoisotopic (exact) mass is 905 g/mol. The zero-order chi connectivity index (χ0) is 48.0. The van der Waals surface area contributed by atoms with Crippen LogP contribution < -0.4 is 21.1 Å². The molecule has 6 aromatic rings. The molecular weight excluding hydrogens is 832 g/mol. The van der Waals surface area contributed by atoms with E-state index in [9.17, 15) is 0 Å². The van der Waals surface area contributed by atoms with Crippen molar-refractivity contribution in [3.05, 3.63) is 173 Å². The molecule has 0 spiro atoms. The van der Waals surface area contributed by atoms with E-state index < -0.39 is 0 Å². The molecule has 11 rings (SSSR count). The maximum absolute atomic E-state index is 4.16. The lowest BCUT2D eigenvalue weighted by Crippen LogP contribution is -2.46. The van der Waals surface area contributed by atoms with Crippen molar-refractivity contribution in [1.29, 1.82) is 0 Å². The van der Waals surface area contributed by atoms with Crippen LogP contribution in [0, 0.1) is 22.7 Å². The van der Waals surface area contributed by atoms with Crippen LogP contribution in [-0.4, -0.2) is 7.28 Å². The van der Waals surface area contributed by atoms with E-state index in [0.717, 1.165) is 13.7 Å². The van der Waals surface area contributed by atoms with Crippen LogP contribution in [-0.2, 0) is 10.8 Å². The molecule has 2 unspecified atom stereocenters. The summed E-state index contributed by atoms with van der Waals surface area (Å²) >= 11 is 0. The van der Waals surface area contributed by atoms with Gasteiger partial charge >= 0.3 is 0 Å². The van der Waals surface area contributed by atoms with Gasteiger partial charge in [0.1, 0.15) is 0 Å². The molecule has 5 aliphatic rings. The molecule has 3 heteroatoms. The van der Waals surface area contributed by atoms with Crippen LogP contribution in [0.25, 0.3) is 39.0 Å². The molecule has 6 aromatic carbocycles. The molecule has 1 saturated carbocycles. The van der Waals surface area contributed by atoms with Gasteiger partial charge in [-0.3, -0.25) is 0 Å². The fourth-order valence-corrected chi connectivity index (χ4v) is 13.2. The Bertz CT molecular complexity index is 3080. The summed E-state index contributed by atoms with van der Waals surface area (Å²) in [5.74, 6) is 0.918. The Morgan fingerprint density at radius 1 is 0.522 bits per heavy atom. The van der Waals surface area contributed by atoms with E-state index in [4.69, 9.17) is 0 Å². The van der Waals surface area contributed by atoms with Crippen molar-refractivity contribution in [2.24, 2.45) is 22.7 Å². The van der Waals surface area contributed by atoms with E-state index in [1.807, 2.05) is 0 Å². The number of nitrogens with zero attached hydrogens (tertiary/aromatic N) is 1. The number of hydrogen-bond acceptors (Lipinski definition) is 2.